The Morgan fingerprint density at radius 2 is 1.97 bits per heavy atom. The first kappa shape index (κ1) is 22.1. The van der Waals surface area contributed by atoms with Gasteiger partial charge in [-0.3, -0.25) is 9.48 Å². The normalized spacial score (nSPS) is 16.3. The number of rotatable bonds is 5. The molecule has 2 aromatic heterocycles. The Hall–Kier alpha value is -2.64. The Kier molecular flexibility index (Phi) is 6.95. The highest BCUT2D eigenvalue weighted by Crippen LogP contribution is 2.23. The first-order valence-electron chi connectivity index (χ1n) is 10.3. The topological polar surface area (TPSA) is 76.8 Å². The third kappa shape index (κ3) is 4.74. The molecule has 0 spiro atoms. The molecular formula is C22H29ClN6O. The molecule has 1 fully saturated rings. The predicted molar refractivity (Wildman–Crippen MR) is 121 cm³/mol. The smallest absolute Gasteiger partial charge is 0.277 e. The molecule has 0 saturated carbocycles. The van der Waals surface area contributed by atoms with Crippen LogP contribution < -0.4 is 10.6 Å². The van der Waals surface area contributed by atoms with Crippen molar-refractivity contribution in [2.24, 2.45) is 0 Å². The van der Waals surface area contributed by atoms with E-state index in [1.807, 2.05) is 48.1 Å². The van der Waals surface area contributed by atoms with Crippen LogP contribution in [0, 0.1) is 6.92 Å². The maximum Gasteiger partial charge on any atom is 0.277 e. The monoisotopic (exact) mass is 428 g/mol. The summed E-state index contributed by atoms with van der Waals surface area (Å²) in [5, 5.41) is 15.6. The summed E-state index contributed by atoms with van der Waals surface area (Å²) in [4.78, 5) is 12.9. The van der Waals surface area contributed by atoms with E-state index in [0.717, 1.165) is 37.3 Å². The number of aryl methyl sites for hydroxylation is 1. The molecule has 1 atom stereocenters. The third-order valence-electron chi connectivity index (χ3n) is 5.33. The van der Waals surface area contributed by atoms with Crippen molar-refractivity contribution in [3.63, 3.8) is 0 Å². The zero-order chi connectivity index (χ0) is 20.4. The van der Waals surface area contributed by atoms with Gasteiger partial charge in [-0.15, -0.1) is 12.4 Å². The highest BCUT2D eigenvalue weighted by Gasteiger charge is 2.20. The van der Waals surface area contributed by atoms with Crippen molar-refractivity contribution in [3.8, 4) is 5.69 Å². The molecule has 8 heteroatoms. The molecule has 3 heterocycles. The Morgan fingerprint density at radius 3 is 2.63 bits per heavy atom. The second kappa shape index (κ2) is 9.45. The van der Waals surface area contributed by atoms with Gasteiger partial charge in [-0.25, -0.2) is 4.68 Å². The maximum atomic E-state index is 12.9. The standard InChI is InChI=1S/C22H28N6O.ClH/c1-15(2)20-13-21(28(26-20)17-8-6-16(3)7-9-17)24-22(29)19-10-12-27(25-19)18-5-4-11-23-14-18;/h6-10,12-13,15,18,23H,4-5,11,14H2,1-3H3,(H,24,29);1H. The minimum absolute atomic E-state index is 0. The lowest BCUT2D eigenvalue weighted by Crippen LogP contribution is -2.32. The average molecular weight is 429 g/mol. The minimum atomic E-state index is -0.226. The van der Waals surface area contributed by atoms with Crippen molar-refractivity contribution in [2.45, 2.75) is 45.6 Å². The molecule has 1 amide bonds. The van der Waals surface area contributed by atoms with Crippen molar-refractivity contribution in [1.29, 1.82) is 0 Å². The zero-order valence-corrected chi connectivity index (χ0v) is 18.4. The van der Waals surface area contributed by atoms with Crippen molar-refractivity contribution >= 4 is 24.1 Å². The van der Waals surface area contributed by atoms with Crippen molar-refractivity contribution in [1.82, 2.24) is 24.9 Å². The molecule has 3 aromatic rings. The number of nitrogens with zero attached hydrogens (tertiary/aromatic N) is 4. The fraction of sp³-hybridized carbons (Fsp3) is 0.409. The highest BCUT2D eigenvalue weighted by atomic mass is 35.5. The van der Waals surface area contributed by atoms with E-state index in [4.69, 9.17) is 5.10 Å². The largest absolute Gasteiger partial charge is 0.315 e. The van der Waals surface area contributed by atoms with Gasteiger partial charge in [0.1, 0.15) is 5.82 Å². The van der Waals surface area contributed by atoms with Crippen LogP contribution in [0.25, 0.3) is 5.69 Å². The number of nitrogens with one attached hydrogen (secondary N) is 2. The molecule has 1 aromatic carbocycles. The van der Waals surface area contributed by atoms with Gasteiger partial charge >= 0.3 is 0 Å². The van der Waals surface area contributed by atoms with Crippen LogP contribution >= 0.6 is 12.4 Å². The molecule has 0 radical (unpaired) electrons. The second-order valence-corrected chi connectivity index (χ2v) is 7.99. The molecule has 30 heavy (non-hydrogen) atoms. The van der Waals surface area contributed by atoms with Crippen molar-refractivity contribution in [2.75, 3.05) is 18.4 Å². The minimum Gasteiger partial charge on any atom is -0.315 e. The molecule has 2 N–H and O–H groups in total. The first-order chi connectivity index (χ1) is 14.0. The van der Waals surface area contributed by atoms with E-state index in [-0.39, 0.29) is 24.2 Å². The van der Waals surface area contributed by atoms with Crippen LogP contribution in [0.4, 0.5) is 5.82 Å². The molecule has 1 saturated heterocycles. The van der Waals surface area contributed by atoms with Crippen LogP contribution in [0.3, 0.4) is 0 Å². The number of hydrogen-bond acceptors (Lipinski definition) is 4. The summed E-state index contributed by atoms with van der Waals surface area (Å²) in [6.07, 6.45) is 4.09. The van der Waals surface area contributed by atoms with E-state index in [2.05, 4.69) is 29.6 Å². The first-order valence-corrected chi connectivity index (χ1v) is 10.3. The lowest BCUT2D eigenvalue weighted by atomic mass is 10.1. The SMILES string of the molecule is Cc1ccc(-n2nc(C(C)C)cc2NC(=O)c2ccn(C3CCCNC3)n2)cc1.Cl. The number of amides is 1. The number of carbonyl (C=O) groups excluding carboxylic acids is 1. The van der Waals surface area contributed by atoms with E-state index >= 15 is 0 Å². The molecule has 160 valence electrons. The van der Waals surface area contributed by atoms with Crippen LogP contribution in [0.5, 0.6) is 0 Å². The van der Waals surface area contributed by atoms with E-state index in [1.165, 1.54) is 5.56 Å². The molecular weight excluding hydrogens is 400 g/mol. The molecule has 7 nitrogen and oxygen atoms in total. The summed E-state index contributed by atoms with van der Waals surface area (Å²) in [6.45, 7) is 8.17. The van der Waals surface area contributed by atoms with Gasteiger partial charge in [0.05, 0.1) is 17.4 Å². The van der Waals surface area contributed by atoms with Crippen LogP contribution in [0.15, 0.2) is 42.6 Å². The van der Waals surface area contributed by atoms with Gasteiger partial charge in [-0.1, -0.05) is 31.5 Å². The molecule has 1 unspecified atom stereocenters. The number of carbonyl (C=O) groups is 1. The van der Waals surface area contributed by atoms with Gasteiger partial charge < -0.3 is 10.6 Å². The van der Waals surface area contributed by atoms with E-state index in [0.29, 0.717) is 17.6 Å². The van der Waals surface area contributed by atoms with Crippen LogP contribution in [-0.2, 0) is 0 Å². The summed E-state index contributed by atoms with van der Waals surface area (Å²) in [5.41, 5.74) is 3.44. The van der Waals surface area contributed by atoms with Gasteiger partial charge in [0.2, 0.25) is 0 Å². The van der Waals surface area contributed by atoms with Crippen LogP contribution in [0.2, 0.25) is 0 Å². The second-order valence-electron chi connectivity index (χ2n) is 7.99. The third-order valence-corrected chi connectivity index (χ3v) is 5.33. The number of hydrogen-bond donors (Lipinski definition) is 2. The predicted octanol–water partition coefficient (Wildman–Crippen LogP) is 4.10. The summed E-state index contributed by atoms with van der Waals surface area (Å²) in [5.74, 6) is 0.683. The number of anilines is 1. The van der Waals surface area contributed by atoms with E-state index < -0.39 is 0 Å². The number of halogens is 1. The van der Waals surface area contributed by atoms with Crippen LogP contribution in [0.1, 0.15) is 60.4 Å². The molecule has 1 aliphatic rings. The lowest BCUT2D eigenvalue weighted by Gasteiger charge is -2.22. The summed E-state index contributed by atoms with van der Waals surface area (Å²) in [6, 6.07) is 12.1. The average Bonchev–Trinajstić information content (AvgIpc) is 3.37. The van der Waals surface area contributed by atoms with E-state index in [9.17, 15) is 4.79 Å². The van der Waals surface area contributed by atoms with Gasteiger partial charge in [0.25, 0.3) is 5.91 Å². The molecule has 1 aliphatic heterocycles. The number of benzene rings is 1. The van der Waals surface area contributed by atoms with Gasteiger partial charge in [0, 0.05) is 18.8 Å². The maximum absolute atomic E-state index is 12.9. The lowest BCUT2D eigenvalue weighted by molar-refractivity contribution is 0.102. The fourth-order valence-corrected chi connectivity index (χ4v) is 3.56. The number of piperidine rings is 1. The van der Waals surface area contributed by atoms with Crippen LogP contribution in [-0.4, -0.2) is 38.6 Å². The Labute approximate surface area is 183 Å². The molecule has 4 rings (SSSR count). The van der Waals surface area contributed by atoms with Gasteiger partial charge in [-0.2, -0.15) is 10.2 Å². The Morgan fingerprint density at radius 1 is 1.20 bits per heavy atom. The summed E-state index contributed by atoms with van der Waals surface area (Å²) >= 11 is 0. The Bertz CT molecular complexity index is 985. The number of aromatic nitrogens is 4. The quantitative estimate of drug-likeness (QED) is 0.641. The summed E-state index contributed by atoms with van der Waals surface area (Å²) in [7, 11) is 0. The Balaban J connectivity index is 0.00000256. The summed E-state index contributed by atoms with van der Waals surface area (Å²) < 4.78 is 3.69. The van der Waals surface area contributed by atoms with Gasteiger partial charge in [0.15, 0.2) is 5.69 Å². The van der Waals surface area contributed by atoms with Crippen molar-refractivity contribution < 1.29 is 4.79 Å². The van der Waals surface area contributed by atoms with Crippen molar-refractivity contribution in [3.05, 3.63) is 59.5 Å². The fourth-order valence-electron chi connectivity index (χ4n) is 3.56. The molecule has 0 bridgehead atoms. The van der Waals surface area contributed by atoms with Gasteiger partial charge in [-0.05, 0) is 50.4 Å². The van der Waals surface area contributed by atoms with E-state index in [1.54, 1.807) is 10.7 Å². The zero-order valence-electron chi connectivity index (χ0n) is 17.6. The highest BCUT2D eigenvalue weighted by molar-refractivity contribution is 6.02. The molecule has 0 aliphatic carbocycles.